The maximum Gasteiger partial charge on any atom is 0.187 e. The van der Waals surface area contributed by atoms with E-state index in [0.717, 1.165) is 28.0 Å². The number of imidazole rings is 1. The first-order valence-electron chi connectivity index (χ1n) is 8.79. The number of benzene rings is 2. The number of hydrogen-bond acceptors (Lipinski definition) is 6. The van der Waals surface area contributed by atoms with Crippen LogP contribution in [0, 0.1) is 13.8 Å². The van der Waals surface area contributed by atoms with Gasteiger partial charge in [0.05, 0.1) is 37.0 Å². The van der Waals surface area contributed by atoms with E-state index in [1.165, 1.54) is 11.8 Å². The zero-order valence-electron chi connectivity index (χ0n) is 16.4. The number of Topliss-reactive ketones (excluding diaryl/α,β-unsaturated/α-hetero) is 1. The van der Waals surface area contributed by atoms with Crippen LogP contribution in [0.3, 0.4) is 0 Å². The van der Waals surface area contributed by atoms with Crippen LogP contribution < -0.4 is 14.9 Å². The summed E-state index contributed by atoms with van der Waals surface area (Å²) in [5.41, 5.74) is 6.78. The largest absolute Gasteiger partial charge is 0.497 e. The predicted molar refractivity (Wildman–Crippen MR) is 112 cm³/mol. The molecule has 0 aliphatic carbocycles. The van der Waals surface area contributed by atoms with Crippen molar-refractivity contribution in [2.45, 2.75) is 19.0 Å². The normalized spacial score (nSPS) is 10.6. The first-order valence-corrected chi connectivity index (χ1v) is 9.77. The molecule has 0 spiro atoms. The number of anilines is 1. The van der Waals surface area contributed by atoms with E-state index in [4.69, 9.17) is 9.47 Å². The monoisotopic (exact) mass is 397 g/mol. The van der Waals surface area contributed by atoms with Crippen molar-refractivity contribution < 1.29 is 14.3 Å². The summed E-state index contributed by atoms with van der Waals surface area (Å²) in [6.45, 7) is 3.95. The van der Waals surface area contributed by atoms with Crippen LogP contribution in [0.25, 0.3) is 0 Å². The quantitative estimate of drug-likeness (QED) is 0.450. The second kappa shape index (κ2) is 8.84. The van der Waals surface area contributed by atoms with Crippen molar-refractivity contribution in [1.82, 2.24) is 9.66 Å². The molecule has 3 rings (SSSR count). The van der Waals surface area contributed by atoms with Crippen LogP contribution >= 0.6 is 11.8 Å². The average molecular weight is 398 g/mol. The van der Waals surface area contributed by atoms with Gasteiger partial charge in [-0.15, -0.1) is 0 Å². The molecule has 0 saturated heterocycles. The zero-order chi connectivity index (χ0) is 20.1. The van der Waals surface area contributed by atoms with E-state index in [-0.39, 0.29) is 11.5 Å². The van der Waals surface area contributed by atoms with Gasteiger partial charge in [0.1, 0.15) is 11.5 Å². The first-order chi connectivity index (χ1) is 13.5. The SMILES string of the molecule is COc1ccc(Nn2c(SCC(=O)c3cccc(OC)c3)nc(C)c2C)cc1. The van der Waals surface area contributed by atoms with Gasteiger partial charge >= 0.3 is 0 Å². The molecular weight excluding hydrogens is 374 g/mol. The van der Waals surface area contributed by atoms with Crippen molar-refractivity contribution >= 4 is 23.2 Å². The van der Waals surface area contributed by atoms with Crippen LogP contribution in [-0.4, -0.2) is 35.4 Å². The number of ketones is 1. The third-order valence-corrected chi connectivity index (χ3v) is 5.31. The summed E-state index contributed by atoms with van der Waals surface area (Å²) in [6, 6.07) is 14.8. The Morgan fingerprint density at radius 2 is 1.79 bits per heavy atom. The highest BCUT2D eigenvalue weighted by molar-refractivity contribution is 7.99. The third kappa shape index (κ3) is 4.48. The Morgan fingerprint density at radius 3 is 2.46 bits per heavy atom. The van der Waals surface area contributed by atoms with Gasteiger partial charge in [0.25, 0.3) is 0 Å². The summed E-state index contributed by atoms with van der Waals surface area (Å²) in [4.78, 5) is 17.2. The van der Waals surface area contributed by atoms with Gasteiger partial charge in [-0.1, -0.05) is 23.9 Å². The van der Waals surface area contributed by atoms with E-state index in [1.807, 2.05) is 54.9 Å². The lowest BCUT2D eigenvalue weighted by Crippen LogP contribution is -2.13. The molecule has 0 fully saturated rings. The average Bonchev–Trinajstić information content (AvgIpc) is 3.00. The van der Waals surface area contributed by atoms with Gasteiger partial charge in [0.15, 0.2) is 10.9 Å². The topological polar surface area (TPSA) is 65.4 Å². The highest BCUT2D eigenvalue weighted by atomic mass is 32.2. The number of nitrogens with zero attached hydrogens (tertiary/aromatic N) is 2. The number of aromatic nitrogens is 2. The number of carbonyl (C=O) groups is 1. The smallest absolute Gasteiger partial charge is 0.187 e. The highest BCUT2D eigenvalue weighted by Gasteiger charge is 2.15. The molecule has 1 aromatic heterocycles. The van der Waals surface area contributed by atoms with E-state index in [1.54, 1.807) is 26.4 Å². The lowest BCUT2D eigenvalue weighted by Gasteiger charge is -2.13. The molecule has 3 aromatic rings. The fraction of sp³-hybridized carbons (Fsp3) is 0.238. The number of rotatable bonds is 8. The Hall–Kier alpha value is -2.93. The van der Waals surface area contributed by atoms with E-state index in [0.29, 0.717) is 11.3 Å². The van der Waals surface area contributed by atoms with E-state index >= 15 is 0 Å². The zero-order valence-corrected chi connectivity index (χ0v) is 17.2. The predicted octanol–water partition coefficient (Wildman–Crippen LogP) is 4.37. The molecule has 7 heteroatoms. The summed E-state index contributed by atoms with van der Waals surface area (Å²) in [6.07, 6.45) is 0. The minimum absolute atomic E-state index is 0.0261. The molecule has 146 valence electrons. The van der Waals surface area contributed by atoms with Crippen LogP contribution in [0.1, 0.15) is 21.7 Å². The van der Waals surface area contributed by atoms with Crippen molar-refractivity contribution in [2.75, 3.05) is 25.4 Å². The summed E-state index contributed by atoms with van der Waals surface area (Å²) in [5, 5.41) is 0.738. The van der Waals surface area contributed by atoms with Crippen molar-refractivity contribution in [3.8, 4) is 11.5 Å². The molecule has 0 saturated carbocycles. The Balaban J connectivity index is 1.74. The molecule has 0 unspecified atom stereocenters. The molecular formula is C21H23N3O3S. The first kappa shape index (κ1) is 19.8. The molecule has 1 N–H and O–H groups in total. The molecule has 0 amide bonds. The van der Waals surface area contributed by atoms with Gasteiger partial charge in [-0.2, -0.15) is 0 Å². The van der Waals surface area contributed by atoms with Crippen molar-refractivity contribution in [3.63, 3.8) is 0 Å². The maximum absolute atomic E-state index is 12.6. The summed E-state index contributed by atoms with van der Waals surface area (Å²) >= 11 is 1.40. The maximum atomic E-state index is 12.6. The second-order valence-electron chi connectivity index (χ2n) is 6.18. The third-order valence-electron chi connectivity index (χ3n) is 4.37. The summed E-state index contributed by atoms with van der Waals surface area (Å²) in [7, 11) is 3.23. The van der Waals surface area contributed by atoms with E-state index in [2.05, 4.69) is 10.4 Å². The van der Waals surface area contributed by atoms with Crippen molar-refractivity contribution in [2.24, 2.45) is 0 Å². The Morgan fingerprint density at radius 1 is 1.07 bits per heavy atom. The Kier molecular flexibility index (Phi) is 6.26. The number of carbonyl (C=O) groups excluding carboxylic acids is 1. The van der Waals surface area contributed by atoms with Gasteiger partial charge in [0.2, 0.25) is 0 Å². The number of nitrogens with one attached hydrogen (secondary N) is 1. The highest BCUT2D eigenvalue weighted by Crippen LogP contribution is 2.24. The number of ether oxygens (including phenoxy) is 2. The van der Waals surface area contributed by atoms with Gasteiger partial charge < -0.3 is 9.47 Å². The number of thioether (sulfide) groups is 1. The lowest BCUT2D eigenvalue weighted by molar-refractivity contribution is 0.102. The standard InChI is InChI=1S/C21H23N3O3S/c1-14-15(2)24(23-17-8-10-18(26-3)11-9-17)21(22-14)28-13-20(25)16-6-5-7-19(12-16)27-4/h5-12,23H,13H2,1-4H3. The Bertz CT molecular complexity index is 968. The van der Waals surface area contributed by atoms with Gasteiger partial charge in [-0.25, -0.2) is 9.66 Å². The van der Waals surface area contributed by atoms with Crippen LogP contribution in [0.2, 0.25) is 0 Å². The number of aryl methyl sites for hydroxylation is 1. The van der Waals surface area contributed by atoms with Gasteiger partial charge in [0, 0.05) is 5.56 Å². The summed E-state index contributed by atoms with van der Waals surface area (Å²) in [5.74, 6) is 1.78. The van der Waals surface area contributed by atoms with Crippen LogP contribution in [0.4, 0.5) is 5.69 Å². The molecule has 28 heavy (non-hydrogen) atoms. The lowest BCUT2D eigenvalue weighted by atomic mass is 10.1. The van der Waals surface area contributed by atoms with Crippen LogP contribution in [0.5, 0.6) is 11.5 Å². The van der Waals surface area contributed by atoms with Gasteiger partial charge in [-0.05, 0) is 50.2 Å². The van der Waals surface area contributed by atoms with E-state index in [9.17, 15) is 4.79 Å². The molecule has 0 bridgehead atoms. The molecule has 0 radical (unpaired) electrons. The fourth-order valence-corrected chi connectivity index (χ4v) is 3.55. The fourth-order valence-electron chi connectivity index (χ4n) is 2.61. The molecule has 2 aromatic carbocycles. The van der Waals surface area contributed by atoms with Crippen LogP contribution in [0.15, 0.2) is 53.7 Å². The molecule has 0 aliphatic heterocycles. The Labute approximate surface area is 168 Å². The second-order valence-corrected chi connectivity index (χ2v) is 7.13. The molecule has 6 nitrogen and oxygen atoms in total. The van der Waals surface area contributed by atoms with Crippen molar-refractivity contribution in [3.05, 3.63) is 65.5 Å². The summed E-state index contributed by atoms with van der Waals surface area (Å²) < 4.78 is 12.3. The minimum Gasteiger partial charge on any atom is -0.497 e. The molecule has 0 atom stereocenters. The number of hydrogen-bond donors (Lipinski definition) is 1. The van der Waals surface area contributed by atoms with Gasteiger partial charge in [-0.3, -0.25) is 10.2 Å². The minimum atomic E-state index is 0.0261. The number of methoxy groups -OCH3 is 2. The van der Waals surface area contributed by atoms with E-state index < -0.39 is 0 Å². The van der Waals surface area contributed by atoms with Crippen molar-refractivity contribution in [1.29, 1.82) is 0 Å². The molecule has 0 aliphatic rings. The van der Waals surface area contributed by atoms with Crippen LogP contribution in [-0.2, 0) is 0 Å². The molecule has 1 heterocycles.